The Balaban J connectivity index is 2.27. The van der Waals surface area contributed by atoms with Crippen molar-refractivity contribution >= 4 is 16.8 Å². The Hall–Kier alpha value is -1.56. The summed E-state index contributed by atoms with van der Waals surface area (Å²) in [6.45, 7) is 2.23. The largest absolute Gasteiger partial charge is 0.0839 e. The van der Waals surface area contributed by atoms with Crippen LogP contribution in [0.3, 0.4) is 0 Å². The molecule has 0 unspecified atom stereocenters. The number of hydrogen-bond donors (Lipinski definition) is 0. The van der Waals surface area contributed by atoms with E-state index in [-0.39, 0.29) is 0 Å². The molecular weight excluding hydrogens is 192 g/mol. The van der Waals surface area contributed by atoms with Gasteiger partial charge >= 0.3 is 0 Å². The Kier molecular flexibility index (Phi) is 3.76. The van der Waals surface area contributed by atoms with Crippen LogP contribution in [0.2, 0.25) is 0 Å². The van der Waals surface area contributed by atoms with Crippen LogP contribution in [-0.4, -0.2) is 0 Å². The van der Waals surface area contributed by atoms with Crippen molar-refractivity contribution in [3.05, 3.63) is 54.1 Å². The Morgan fingerprint density at radius 2 is 1.81 bits per heavy atom. The normalized spacial score (nSPS) is 11.3. The fourth-order valence-electron chi connectivity index (χ4n) is 1.93. The smallest absolute Gasteiger partial charge is 0.0112 e. The average molecular weight is 210 g/mol. The molecule has 0 heteroatoms. The molecule has 0 saturated carbocycles. The van der Waals surface area contributed by atoms with Crippen LogP contribution in [0.15, 0.2) is 48.5 Å². The van der Waals surface area contributed by atoms with Gasteiger partial charge in [0.25, 0.3) is 0 Å². The SMILES string of the molecule is CCCCC=Cc1cccc2ccccc12. The first-order chi connectivity index (χ1) is 7.92. The summed E-state index contributed by atoms with van der Waals surface area (Å²) in [6, 6.07) is 15.0. The van der Waals surface area contributed by atoms with E-state index >= 15 is 0 Å². The molecule has 0 aromatic heterocycles. The van der Waals surface area contributed by atoms with Crippen LogP contribution >= 0.6 is 0 Å². The van der Waals surface area contributed by atoms with Gasteiger partial charge in [0.15, 0.2) is 0 Å². The topological polar surface area (TPSA) is 0 Å². The molecule has 0 N–H and O–H groups in total. The van der Waals surface area contributed by atoms with Gasteiger partial charge in [0.1, 0.15) is 0 Å². The Morgan fingerprint density at radius 1 is 1.00 bits per heavy atom. The van der Waals surface area contributed by atoms with Gasteiger partial charge in [-0.1, -0.05) is 74.4 Å². The molecule has 0 atom stereocenters. The highest BCUT2D eigenvalue weighted by Gasteiger charge is 1.95. The molecule has 0 amide bonds. The molecule has 2 aromatic carbocycles. The first-order valence-corrected chi connectivity index (χ1v) is 6.06. The molecule has 0 fully saturated rings. The van der Waals surface area contributed by atoms with Crippen LogP contribution in [0.5, 0.6) is 0 Å². The van der Waals surface area contributed by atoms with Crippen molar-refractivity contribution in [2.45, 2.75) is 26.2 Å². The van der Waals surface area contributed by atoms with Crippen LogP contribution < -0.4 is 0 Å². The van der Waals surface area contributed by atoms with E-state index in [2.05, 4.69) is 61.5 Å². The van der Waals surface area contributed by atoms with E-state index in [0.717, 1.165) is 0 Å². The predicted molar refractivity (Wildman–Crippen MR) is 72.5 cm³/mol. The predicted octanol–water partition coefficient (Wildman–Crippen LogP) is 5.04. The summed E-state index contributed by atoms with van der Waals surface area (Å²) in [6.07, 6.45) is 8.25. The lowest BCUT2D eigenvalue weighted by Crippen LogP contribution is -1.77. The van der Waals surface area contributed by atoms with Gasteiger partial charge in [-0.25, -0.2) is 0 Å². The summed E-state index contributed by atoms with van der Waals surface area (Å²) in [5, 5.41) is 2.66. The van der Waals surface area contributed by atoms with E-state index in [1.807, 2.05) is 0 Å². The van der Waals surface area contributed by atoms with Crippen molar-refractivity contribution in [2.24, 2.45) is 0 Å². The van der Waals surface area contributed by atoms with Crippen molar-refractivity contribution in [3.8, 4) is 0 Å². The number of hydrogen-bond acceptors (Lipinski definition) is 0. The maximum Gasteiger partial charge on any atom is -0.0112 e. The zero-order valence-electron chi connectivity index (χ0n) is 9.82. The summed E-state index contributed by atoms with van der Waals surface area (Å²) in [5.41, 5.74) is 1.33. The van der Waals surface area contributed by atoms with E-state index < -0.39 is 0 Å². The number of unbranched alkanes of at least 4 members (excludes halogenated alkanes) is 2. The zero-order valence-corrected chi connectivity index (χ0v) is 9.82. The Bertz CT molecular complexity index is 475. The third-order valence-corrected chi connectivity index (χ3v) is 2.85. The molecule has 2 rings (SSSR count). The van der Waals surface area contributed by atoms with Crippen LogP contribution in [0.25, 0.3) is 16.8 Å². The highest BCUT2D eigenvalue weighted by atomic mass is 14.0. The van der Waals surface area contributed by atoms with Gasteiger partial charge in [0, 0.05) is 0 Å². The molecule has 2 aromatic rings. The van der Waals surface area contributed by atoms with Crippen molar-refractivity contribution in [3.63, 3.8) is 0 Å². The highest BCUT2D eigenvalue weighted by Crippen LogP contribution is 2.19. The number of benzene rings is 2. The lowest BCUT2D eigenvalue weighted by atomic mass is 10.0. The van der Waals surface area contributed by atoms with E-state index in [0.29, 0.717) is 0 Å². The minimum atomic E-state index is 1.18. The molecule has 0 spiro atoms. The van der Waals surface area contributed by atoms with Gasteiger partial charge in [-0.3, -0.25) is 0 Å². The molecule has 82 valence electrons. The fourth-order valence-corrected chi connectivity index (χ4v) is 1.93. The second-order valence-corrected chi connectivity index (χ2v) is 4.11. The lowest BCUT2D eigenvalue weighted by molar-refractivity contribution is 0.816. The van der Waals surface area contributed by atoms with Crippen molar-refractivity contribution in [1.29, 1.82) is 0 Å². The first kappa shape index (κ1) is 10.9. The maximum atomic E-state index is 2.28. The van der Waals surface area contributed by atoms with E-state index in [4.69, 9.17) is 0 Å². The van der Waals surface area contributed by atoms with Gasteiger partial charge in [-0.05, 0) is 22.8 Å². The van der Waals surface area contributed by atoms with Gasteiger partial charge in [0.05, 0.1) is 0 Å². The van der Waals surface area contributed by atoms with Crippen LogP contribution in [0.4, 0.5) is 0 Å². The zero-order chi connectivity index (χ0) is 11.2. The lowest BCUT2D eigenvalue weighted by Gasteiger charge is -2.01. The Labute approximate surface area is 97.6 Å². The first-order valence-electron chi connectivity index (χ1n) is 6.06. The molecule has 0 bridgehead atoms. The molecule has 16 heavy (non-hydrogen) atoms. The van der Waals surface area contributed by atoms with Crippen molar-refractivity contribution in [1.82, 2.24) is 0 Å². The maximum absolute atomic E-state index is 2.28. The molecule has 0 aliphatic heterocycles. The Morgan fingerprint density at radius 3 is 2.69 bits per heavy atom. The molecule has 0 radical (unpaired) electrons. The van der Waals surface area contributed by atoms with Gasteiger partial charge in [-0.15, -0.1) is 0 Å². The van der Waals surface area contributed by atoms with E-state index in [1.165, 1.54) is 35.6 Å². The molecule has 0 aliphatic carbocycles. The van der Waals surface area contributed by atoms with Gasteiger partial charge in [-0.2, -0.15) is 0 Å². The fraction of sp³-hybridized carbons (Fsp3) is 0.250. The summed E-state index contributed by atoms with van der Waals surface area (Å²) < 4.78 is 0. The summed E-state index contributed by atoms with van der Waals surface area (Å²) in [4.78, 5) is 0. The third kappa shape index (κ3) is 2.52. The summed E-state index contributed by atoms with van der Waals surface area (Å²) >= 11 is 0. The minimum absolute atomic E-state index is 1.18. The van der Waals surface area contributed by atoms with Crippen LogP contribution in [0, 0.1) is 0 Å². The number of fused-ring (bicyclic) bond motifs is 1. The van der Waals surface area contributed by atoms with Crippen molar-refractivity contribution in [2.75, 3.05) is 0 Å². The molecule has 0 nitrogen and oxygen atoms in total. The quantitative estimate of drug-likeness (QED) is 0.620. The summed E-state index contributed by atoms with van der Waals surface area (Å²) in [7, 11) is 0. The van der Waals surface area contributed by atoms with Crippen molar-refractivity contribution < 1.29 is 0 Å². The molecule has 0 heterocycles. The summed E-state index contributed by atoms with van der Waals surface area (Å²) in [5.74, 6) is 0. The van der Waals surface area contributed by atoms with E-state index in [9.17, 15) is 0 Å². The van der Waals surface area contributed by atoms with Gasteiger partial charge < -0.3 is 0 Å². The second kappa shape index (κ2) is 5.50. The second-order valence-electron chi connectivity index (χ2n) is 4.11. The minimum Gasteiger partial charge on any atom is -0.0839 e. The average Bonchev–Trinajstić information content (AvgIpc) is 2.35. The molecule has 0 saturated heterocycles. The standard InChI is InChI=1S/C16H18/c1-2-3-4-5-9-14-11-8-12-15-10-6-7-13-16(14)15/h5-13H,2-4H2,1H3. The number of allylic oxidation sites excluding steroid dienone is 1. The van der Waals surface area contributed by atoms with Crippen LogP contribution in [0.1, 0.15) is 31.7 Å². The molecule has 0 aliphatic rings. The highest BCUT2D eigenvalue weighted by molar-refractivity contribution is 5.90. The van der Waals surface area contributed by atoms with Crippen LogP contribution in [-0.2, 0) is 0 Å². The molecular formula is C16H18. The third-order valence-electron chi connectivity index (χ3n) is 2.85. The van der Waals surface area contributed by atoms with E-state index in [1.54, 1.807) is 0 Å². The van der Waals surface area contributed by atoms with Gasteiger partial charge in [0.2, 0.25) is 0 Å². The monoisotopic (exact) mass is 210 g/mol. The number of rotatable bonds is 4.